The van der Waals surface area contributed by atoms with Gasteiger partial charge in [-0.05, 0) is 43.7 Å². The van der Waals surface area contributed by atoms with Gasteiger partial charge in [0.1, 0.15) is 11.6 Å². The van der Waals surface area contributed by atoms with Gasteiger partial charge < -0.3 is 20.7 Å². The van der Waals surface area contributed by atoms with Crippen LogP contribution < -0.4 is 10.6 Å². The molecule has 1 aromatic carbocycles. The fourth-order valence-electron chi connectivity index (χ4n) is 3.88. The number of hydrogen-bond donors (Lipinski definition) is 4. The van der Waals surface area contributed by atoms with Crippen molar-refractivity contribution in [1.29, 1.82) is 0 Å². The van der Waals surface area contributed by atoms with Crippen LogP contribution >= 0.6 is 11.6 Å². The van der Waals surface area contributed by atoms with E-state index in [2.05, 4.69) is 20.6 Å². The Balaban J connectivity index is 1.64. The monoisotopic (exact) mass is 453 g/mol. The normalized spacial score (nSPS) is 16.7. The van der Waals surface area contributed by atoms with E-state index in [0.717, 1.165) is 48.5 Å². The molecule has 1 saturated heterocycles. The van der Waals surface area contributed by atoms with Crippen molar-refractivity contribution in [3.63, 3.8) is 0 Å². The number of halogens is 1. The van der Waals surface area contributed by atoms with Gasteiger partial charge >= 0.3 is 0 Å². The number of phenolic OH excluding ortho intramolecular Hbond substituents is 1. The van der Waals surface area contributed by atoms with Gasteiger partial charge in [-0.3, -0.25) is 9.78 Å². The second kappa shape index (κ2) is 9.30. The molecule has 7 nitrogen and oxygen atoms in total. The molecule has 1 aliphatic rings. The van der Waals surface area contributed by atoms with Crippen LogP contribution in [0.4, 0.5) is 0 Å². The van der Waals surface area contributed by atoms with Crippen molar-refractivity contribution in [2.24, 2.45) is 0 Å². The lowest BCUT2D eigenvalue weighted by Crippen LogP contribution is -2.49. The number of H-pyrrole nitrogens is 1. The fraction of sp³-hybridized carbons (Fsp3) is 0.375. The van der Waals surface area contributed by atoms with Crippen LogP contribution in [0, 0.1) is 0 Å². The van der Waals surface area contributed by atoms with Crippen LogP contribution in [-0.4, -0.2) is 45.1 Å². The largest absolute Gasteiger partial charge is 0.506 e. The summed E-state index contributed by atoms with van der Waals surface area (Å²) in [7, 11) is 0. The summed E-state index contributed by atoms with van der Waals surface area (Å²) in [6.45, 7) is 5.41. The van der Waals surface area contributed by atoms with Crippen molar-refractivity contribution in [1.82, 2.24) is 25.6 Å². The number of amides is 1. The predicted octanol–water partition coefficient (Wildman–Crippen LogP) is 4.03. The average Bonchev–Trinajstić information content (AvgIpc) is 3.27. The van der Waals surface area contributed by atoms with E-state index in [1.54, 1.807) is 24.5 Å². The summed E-state index contributed by atoms with van der Waals surface area (Å²) in [5.41, 5.74) is 2.74. The number of pyridine rings is 1. The summed E-state index contributed by atoms with van der Waals surface area (Å²) in [6, 6.07) is 8.77. The standard InChI is InChI=1S/C24H28ClN5O2/c1-24(2,14-28-22(32)18-5-3-4-10-27-18)23-29-20(15-8-11-26-12-9-15)21(30-23)16-6-7-17(25)19(31)13-16/h6-9,11-13,18,27,31H,3-5,10,14H2,1-2H3,(H,28,32)(H,29,30)/t18-/m1/s1. The van der Waals surface area contributed by atoms with E-state index in [1.807, 2.05) is 32.0 Å². The first-order valence-electron chi connectivity index (χ1n) is 10.9. The first-order valence-corrected chi connectivity index (χ1v) is 11.2. The molecule has 3 aromatic rings. The minimum Gasteiger partial charge on any atom is -0.506 e. The Hall–Kier alpha value is -2.90. The lowest BCUT2D eigenvalue weighted by atomic mass is 9.92. The third-order valence-electron chi connectivity index (χ3n) is 5.86. The number of aromatic hydroxyl groups is 1. The number of aromatic nitrogens is 3. The Labute approximate surface area is 192 Å². The summed E-state index contributed by atoms with van der Waals surface area (Å²) < 4.78 is 0. The smallest absolute Gasteiger partial charge is 0.237 e. The van der Waals surface area contributed by atoms with Gasteiger partial charge in [-0.2, -0.15) is 0 Å². The van der Waals surface area contributed by atoms with E-state index in [1.165, 1.54) is 0 Å². The van der Waals surface area contributed by atoms with Crippen molar-refractivity contribution >= 4 is 17.5 Å². The Kier molecular flexibility index (Phi) is 6.48. The number of imidazole rings is 1. The molecule has 168 valence electrons. The van der Waals surface area contributed by atoms with Gasteiger partial charge in [0.05, 0.1) is 22.5 Å². The number of piperidine rings is 1. The summed E-state index contributed by atoms with van der Waals surface area (Å²) in [4.78, 5) is 25.1. The molecular formula is C24H28ClN5O2. The minimum atomic E-state index is -0.446. The van der Waals surface area contributed by atoms with Crippen molar-refractivity contribution in [2.45, 2.75) is 44.6 Å². The topological polar surface area (TPSA) is 103 Å². The highest BCUT2D eigenvalue weighted by atomic mass is 35.5. The first-order chi connectivity index (χ1) is 15.3. The summed E-state index contributed by atoms with van der Waals surface area (Å²) >= 11 is 6.01. The third-order valence-corrected chi connectivity index (χ3v) is 6.18. The van der Waals surface area contributed by atoms with Gasteiger partial charge in [-0.25, -0.2) is 4.98 Å². The van der Waals surface area contributed by atoms with Crippen LogP contribution in [0.1, 0.15) is 38.9 Å². The van der Waals surface area contributed by atoms with E-state index in [9.17, 15) is 9.90 Å². The summed E-state index contributed by atoms with van der Waals surface area (Å²) in [6.07, 6.45) is 6.49. The maximum atomic E-state index is 12.6. The summed E-state index contributed by atoms with van der Waals surface area (Å²) in [5, 5.41) is 16.8. The highest BCUT2D eigenvalue weighted by Crippen LogP contribution is 2.36. The number of rotatable bonds is 6. The molecule has 4 N–H and O–H groups in total. The quantitative estimate of drug-likeness (QED) is 0.451. The molecule has 2 aromatic heterocycles. The molecule has 1 aliphatic heterocycles. The molecule has 1 fully saturated rings. The zero-order chi connectivity index (χ0) is 22.7. The molecule has 0 unspecified atom stereocenters. The number of nitrogens with zero attached hydrogens (tertiary/aromatic N) is 2. The molecule has 0 bridgehead atoms. The molecule has 4 rings (SSSR count). The Morgan fingerprint density at radius 1 is 1.22 bits per heavy atom. The van der Waals surface area contributed by atoms with Gasteiger partial charge in [-0.15, -0.1) is 0 Å². The molecule has 0 aliphatic carbocycles. The number of nitrogens with one attached hydrogen (secondary N) is 3. The minimum absolute atomic E-state index is 0.000834. The van der Waals surface area contributed by atoms with Gasteiger partial charge in [0.15, 0.2) is 0 Å². The van der Waals surface area contributed by atoms with Crippen LogP contribution in [0.25, 0.3) is 22.5 Å². The molecule has 0 saturated carbocycles. The van der Waals surface area contributed by atoms with Gasteiger partial charge in [-0.1, -0.05) is 37.9 Å². The Morgan fingerprint density at radius 3 is 2.69 bits per heavy atom. The van der Waals surface area contributed by atoms with Gasteiger partial charge in [0.2, 0.25) is 5.91 Å². The molecule has 0 spiro atoms. The SMILES string of the molecule is CC(C)(CNC(=O)[C@H]1CCCCN1)c1nc(-c2ccc(Cl)c(O)c2)c(-c2ccncc2)[nH]1. The Bertz CT molecular complexity index is 1090. The van der Waals surface area contributed by atoms with Crippen molar-refractivity contribution in [3.8, 4) is 28.3 Å². The van der Waals surface area contributed by atoms with Crippen molar-refractivity contribution in [2.75, 3.05) is 13.1 Å². The number of aromatic amines is 1. The highest BCUT2D eigenvalue weighted by Gasteiger charge is 2.29. The van der Waals surface area contributed by atoms with Gasteiger partial charge in [0, 0.05) is 35.5 Å². The van der Waals surface area contributed by atoms with Crippen LogP contribution in [0.2, 0.25) is 5.02 Å². The van der Waals surface area contributed by atoms with Crippen molar-refractivity contribution in [3.05, 3.63) is 53.6 Å². The molecule has 32 heavy (non-hydrogen) atoms. The highest BCUT2D eigenvalue weighted by molar-refractivity contribution is 6.32. The number of carbonyl (C=O) groups is 1. The summed E-state index contributed by atoms with van der Waals surface area (Å²) in [5.74, 6) is 0.771. The van der Waals surface area contributed by atoms with E-state index in [4.69, 9.17) is 16.6 Å². The number of carbonyl (C=O) groups excluding carboxylic acids is 1. The molecule has 1 amide bonds. The maximum absolute atomic E-state index is 12.6. The predicted molar refractivity (Wildman–Crippen MR) is 126 cm³/mol. The second-order valence-electron chi connectivity index (χ2n) is 8.82. The zero-order valence-electron chi connectivity index (χ0n) is 18.3. The first kappa shape index (κ1) is 22.3. The van der Waals surface area contributed by atoms with E-state index in [0.29, 0.717) is 12.2 Å². The third kappa shape index (κ3) is 4.79. The average molecular weight is 454 g/mol. The second-order valence-corrected chi connectivity index (χ2v) is 9.22. The van der Waals surface area contributed by atoms with Crippen LogP contribution in [0.3, 0.4) is 0 Å². The van der Waals surface area contributed by atoms with Gasteiger partial charge in [0.25, 0.3) is 0 Å². The zero-order valence-corrected chi connectivity index (χ0v) is 19.0. The molecule has 0 radical (unpaired) electrons. The Morgan fingerprint density at radius 2 is 2.00 bits per heavy atom. The van der Waals surface area contributed by atoms with E-state index < -0.39 is 5.41 Å². The van der Waals surface area contributed by atoms with E-state index in [-0.39, 0.29) is 22.7 Å². The number of hydrogen-bond acceptors (Lipinski definition) is 5. The number of phenols is 1. The maximum Gasteiger partial charge on any atom is 0.237 e. The van der Waals surface area contributed by atoms with Crippen LogP contribution in [0.15, 0.2) is 42.7 Å². The molecule has 8 heteroatoms. The van der Waals surface area contributed by atoms with Crippen LogP contribution in [-0.2, 0) is 10.2 Å². The molecule has 1 atom stereocenters. The van der Waals surface area contributed by atoms with Crippen LogP contribution in [0.5, 0.6) is 5.75 Å². The molecule has 3 heterocycles. The fourth-order valence-corrected chi connectivity index (χ4v) is 4.00. The van der Waals surface area contributed by atoms with Crippen molar-refractivity contribution < 1.29 is 9.90 Å². The lowest BCUT2D eigenvalue weighted by Gasteiger charge is -2.26. The number of benzene rings is 1. The molecular weight excluding hydrogens is 426 g/mol. The lowest BCUT2D eigenvalue weighted by molar-refractivity contribution is -0.123. The van der Waals surface area contributed by atoms with E-state index >= 15 is 0 Å².